The van der Waals surface area contributed by atoms with Crippen molar-refractivity contribution in [1.29, 1.82) is 0 Å². The van der Waals surface area contributed by atoms with Gasteiger partial charge in [-0.2, -0.15) is 0 Å². The average Bonchev–Trinajstić information content (AvgIpc) is 2.78. The predicted molar refractivity (Wildman–Crippen MR) is 137 cm³/mol. The number of hydrogen-bond acceptors (Lipinski definition) is 5. The maximum atomic E-state index is 13.6. The minimum absolute atomic E-state index is 0.0666. The van der Waals surface area contributed by atoms with Gasteiger partial charge in [-0.05, 0) is 58.3 Å². The summed E-state index contributed by atoms with van der Waals surface area (Å²) in [6, 6.07) is -0.869. The van der Waals surface area contributed by atoms with Gasteiger partial charge < -0.3 is 15.0 Å². The van der Waals surface area contributed by atoms with Crippen molar-refractivity contribution in [2.45, 2.75) is 106 Å². The maximum Gasteiger partial charge on any atom is 0.333 e. The number of carbonyl (C=O) groups is 3. The summed E-state index contributed by atoms with van der Waals surface area (Å²) in [5.74, 6) is 0.0424. The first-order valence-corrected chi connectivity index (χ1v) is 13.0. The largest absolute Gasteiger partial charge is 0.463 e. The third-order valence-corrected chi connectivity index (χ3v) is 6.99. The van der Waals surface area contributed by atoms with Crippen LogP contribution in [-0.2, 0) is 19.1 Å². The number of hydrogen-bond donors (Lipinski definition) is 1. The van der Waals surface area contributed by atoms with Crippen molar-refractivity contribution < 1.29 is 19.1 Å². The monoisotopic (exact) mass is 479 g/mol. The molecule has 0 aromatic rings. The number of piperidine rings is 1. The lowest BCUT2D eigenvalue weighted by Gasteiger charge is -2.42. The van der Waals surface area contributed by atoms with E-state index in [0.29, 0.717) is 18.1 Å². The first-order chi connectivity index (χ1) is 15.8. The molecule has 7 nitrogen and oxygen atoms in total. The molecular formula is C27H49N3O4. The predicted octanol–water partition coefficient (Wildman–Crippen LogP) is 4.02. The molecule has 4 unspecified atom stereocenters. The van der Waals surface area contributed by atoms with Crippen LogP contribution in [0.4, 0.5) is 0 Å². The Morgan fingerprint density at radius 3 is 2.15 bits per heavy atom. The number of nitrogens with one attached hydrogen (secondary N) is 1. The maximum absolute atomic E-state index is 13.6. The van der Waals surface area contributed by atoms with Crippen LogP contribution in [0.15, 0.2) is 11.6 Å². The minimum atomic E-state index is -0.632. The summed E-state index contributed by atoms with van der Waals surface area (Å²) < 4.78 is 5.10. The van der Waals surface area contributed by atoms with E-state index in [4.69, 9.17) is 4.74 Å². The smallest absolute Gasteiger partial charge is 0.333 e. The van der Waals surface area contributed by atoms with Crippen LogP contribution >= 0.6 is 0 Å². The minimum Gasteiger partial charge on any atom is -0.463 e. The van der Waals surface area contributed by atoms with Crippen LogP contribution in [0.1, 0.15) is 81.6 Å². The van der Waals surface area contributed by atoms with E-state index in [1.165, 1.54) is 0 Å². The van der Waals surface area contributed by atoms with Gasteiger partial charge in [-0.15, -0.1) is 0 Å². The van der Waals surface area contributed by atoms with Crippen molar-refractivity contribution in [3.05, 3.63) is 11.6 Å². The van der Waals surface area contributed by atoms with Crippen LogP contribution in [0.3, 0.4) is 0 Å². The first kappa shape index (κ1) is 30.1. The molecule has 0 spiro atoms. The fourth-order valence-corrected chi connectivity index (χ4v) is 4.71. The Morgan fingerprint density at radius 1 is 1.06 bits per heavy atom. The van der Waals surface area contributed by atoms with Gasteiger partial charge in [0.2, 0.25) is 11.8 Å². The van der Waals surface area contributed by atoms with Gasteiger partial charge in [0, 0.05) is 25.2 Å². The van der Waals surface area contributed by atoms with Crippen molar-refractivity contribution >= 4 is 17.8 Å². The van der Waals surface area contributed by atoms with Gasteiger partial charge in [0.05, 0.1) is 18.7 Å². The van der Waals surface area contributed by atoms with Crippen molar-refractivity contribution in [2.24, 2.45) is 17.8 Å². The third-order valence-electron chi connectivity index (χ3n) is 6.99. The van der Waals surface area contributed by atoms with Gasteiger partial charge in [-0.3, -0.25) is 14.5 Å². The summed E-state index contributed by atoms with van der Waals surface area (Å²) in [5.41, 5.74) is 0.477. The molecule has 1 N–H and O–H groups in total. The molecule has 0 aliphatic carbocycles. The summed E-state index contributed by atoms with van der Waals surface area (Å²) >= 11 is 0. The van der Waals surface area contributed by atoms with Gasteiger partial charge >= 0.3 is 5.97 Å². The quantitative estimate of drug-likeness (QED) is 0.358. The fourth-order valence-electron chi connectivity index (χ4n) is 4.71. The Labute approximate surface area is 207 Å². The number of carbonyl (C=O) groups excluding carboxylic acids is 3. The standard InChI is InChI=1S/C27H49N3O4/c1-11-21-13-14-22(30(16-21)19(7)8)25(31)28-24(18(5)6)26(32)29(10)23(17(3)4)15-20(9)27(33)34-12-2/h15,17-19,21-24H,11-14,16H2,1-10H3,(H,28,31)/b20-15+. The van der Waals surface area contributed by atoms with Gasteiger partial charge in [0.25, 0.3) is 0 Å². The number of ether oxygens (including phenoxy) is 1. The Hall–Kier alpha value is -1.89. The highest BCUT2D eigenvalue weighted by atomic mass is 16.5. The summed E-state index contributed by atoms with van der Waals surface area (Å²) in [7, 11) is 1.75. The van der Waals surface area contributed by atoms with Crippen molar-refractivity contribution in [1.82, 2.24) is 15.1 Å². The fraction of sp³-hybridized carbons (Fsp3) is 0.815. The molecule has 1 saturated heterocycles. The molecule has 1 fully saturated rings. The number of amides is 2. The van der Waals surface area contributed by atoms with Gasteiger partial charge in [-0.25, -0.2) is 4.79 Å². The van der Waals surface area contributed by atoms with Crippen LogP contribution in [0.2, 0.25) is 0 Å². The number of likely N-dealkylation sites (tertiary alicyclic amines) is 1. The van der Waals surface area contributed by atoms with Crippen molar-refractivity contribution in [2.75, 3.05) is 20.2 Å². The second-order valence-electron chi connectivity index (χ2n) is 10.6. The zero-order valence-electron chi connectivity index (χ0n) is 23.2. The van der Waals surface area contributed by atoms with E-state index < -0.39 is 6.04 Å². The highest BCUT2D eigenvalue weighted by molar-refractivity contribution is 5.91. The Bertz CT molecular complexity index is 717. The first-order valence-electron chi connectivity index (χ1n) is 13.0. The molecular weight excluding hydrogens is 430 g/mol. The van der Waals surface area contributed by atoms with E-state index in [1.807, 2.05) is 27.7 Å². The van der Waals surface area contributed by atoms with Gasteiger partial charge in [-0.1, -0.05) is 47.1 Å². The lowest BCUT2D eigenvalue weighted by molar-refractivity contribution is -0.141. The molecule has 0 aromatic heterocycles. The molecule has 1 rings (SSSR count). The van der Waals surface area contributed by atoms with Crippen LogP contribution in [-0.4, -0.2) is 72.0 Å². The Balaban J connectivity index is 3.07. The SMILES string of the molecule is CCOC(=O)/C(C)=C/C(C(C)C)N(C)C(=O)C(NC(=O)C1CCC(CC)CN1C(C)C)C(C)C. The molecule has 1 heterocycles. The van der Waals surface area contributed by atoms with Gasteiger partial charge in [0.15, 0.2) is 0 Å². The molecule has 1 aliphatic rings. The Morgan fingerprint density at radius 2 is 1.68 bits per heavy atom. The van der Waals surface area contributed by atoms with Crippen LogP contribution in [0.25, 0.3) is 0 Å². The van der Waals surface area contributed by atoms with Crippen LogP contribution in [0, 0.1) is 17.8 Å². The van der Waals surface area contributed by atoms with Crippen molar-refractivity contribution in [3.63, 3.8) is 0 Å². The van der Waals surface area contributed by atoms with E-state index in [2.05, 4.69) is 31.0 Å². The highest BCUT2D eigenvalue weighted by Gasteiger charge is 2.37. The number of likely N-dealkylation sites (N-methyl/N-ethyl adjacent to an activating group) is 1. The number of rotatable bonds is 11. The average molecular weight is 480 g/mol. The molecule has 196 valence electrons. The second-order valence-corrected chi connectivity index (χ2v) is 10.6. The molecule has 0 aromatic carbocycles. The normalized spacial score (nSPS) is 21.5. The van der Waals surface area contributed by atoms with E-state index in [-0.39, 0.29) is 47.7 Å². The third kappa shape index (κ3) is 8.10. The number of nitrogens with zero attached hydrogens (tertiary/aromatic N) is 2. The number of esters is 1. The Kier molecular flexibility index (Phi) is 12.3. The zero-order valence-corrected chi connectivity index (χ0v) is 23.2. The van der Waals surface area contributed by atoms with Crippen LogP contribution < -0.4 is 5.32 Å². The molecule has 1 aliphatic heterocycles. The highest BCUT2D eigenvalue weighted by Crippen LogP contribution is 2.26. The molecule has 0 bridgehead atoms. The molecule has 0 saturated carbocycles. The molecule has 2 amide bonds. The van der Waals surface area contributed by atoms with E-state index in [1.54, 1.807) is 31.9 Å². The van der Waals surface area contributed by atoms with E-state index >= 15 is 0 Å². The zero-order chi connectivity index (χ0) is 26.2. The van der Waals surface area contributed by atoms with Gasteiger partial charge in [0.1, 0.15) is 6.04 Å². The lowest BCUT2D eigenvalue weighted by Crippen LogP contribution is -2.59. The second kappa shape index (κ2) is 13.9. The summed E-state index contributed by atoms with van der Waals surface area (Å²) in [6.07, 6.45) is 4.76. The van der Waals surface area contributed by atoms with Crippen molar-refractivity contribution in [3.8, 4) is 0 Å². The lowest BCUT2D eigenvalue weighted by atomic mass is 9.89. The molecule has 4 atom stereocenters. The topological polar surface area (TPSA) is 79.0 Å². The summed E-state index contributed by atoms with van der Waals surface area (Å²) in [4.78, 5) is 43.1. The molecule has 7 heteroatoms. The molecule has 34 heavy (non-hydrogen) atoms. The van der Waals surface area contributed by atoms with E-state index in [0.717, 1.165) is 25.8 Å². The van der Waals surface area contributed by atoms with Crippen LogP contribution in [0.5, 0.6) is 0 Å². The summed E-state index contributed by atoms with van der Waals surface area (Å²) in [5, 5.41) is 3.09. The van der Waals surface area contributed by atoms with E-state index in [9.17, 15) is 14.4 Å². The summed E-state index contributed by atoms with van der Waals surface area (Å²) in [6.45, 7) is 19.1. The molecule has 0 radical (unpaired) electrons.